The molecule has 1 saturated carbocycles. The van der Waals surface area contributed by atoms with Crippen LogP contribution in [-0.4, -0.2) is 23.3 Å². The third kappa shape index (κ3) is 5.26. The van der Waals surface area contributed by atoms with Gasteiger partial charge in [0, 0.05) is 12.2 Å². The molecule has 0 atom stereocenters. The Morgan fingerprint density at radius 1 is 1.16 bits per heavy atom. The lowest BCUT2D eigenvalue weighted by Gasteiger charge is -2.32. The molecule has 1 aromatic carbocycles. The molecular formula is C19H24N2O4. The van der Waals surface area contributed by atoms with Gasteiger partial charge < -0.3 is 24.9 Å². The summed E-state index contributed by atoms with van der Waals surface area (Å²) in [7, 11) is 0. The number of ether oxygens (including phenoxy) is 1. The van der Waals surface area contributed by atoms with Crippen LogP contribution in [0.3, 0.4) is 0 Å². The summed E-state index contributed by atoms with van der Waals surface area (Å²) in [5.74, 6) is 1.45. The number of anilines is 1. The first-order valence-corrected chi connectivity index (χ1v) is 8.65. The van der Waals surface area contributed by atoms with E-state index in [1.165, 1.54) is 0 Å². The summed E-state index contributed by atoms with van der Waals surface area (Å²) < 4.78 is 10.8. The number of hydrogen-bond donors (Lipinski definition) is 3. The lowest BCUT2D eigenvalue weighted by atomic mass is 9.85. The normalized spacial score (nSPS) is 16.2. The minimum absolute atomic E-state index is 0.281. The van der Waals surface area contributed by atoms with Gasteiger partial charge in [0.25, 0.3) is 0 Å². The second-order valence-corrected chi connectivity index (χ2v) is 6.49. The Hall–Kier alpha value is -2.47. The standard InChI is InChI=1S/C19H24N2O4/c22-18(20-14-19(23)10-2-1-3-11-19)21-15-6-8-16(9-7-15)25-13-17-5-4-12-24-17/h4-9,12,23H,1-3,10-11,13-14H2,(H2,20,21,22). The fourth-order valence-electron chi connectivity index (χ4n) is 2.99. The summed E-state index contributed by atoms with van der Waals surface area (Å²) in [5.41, 5.74) is -0.0995. The summed E-state index contributed by atoms with van der Waals surface area (Å²) >= 11 is 0. The number of aliphatic hydroxyl groups is 1. The van der Waals surface area contributed by atoms with E-state index in [9.17, 15) is 9.90 Å². The zero-order valence-corrected chi connectivity index (χ0v) is 14.2. The fraction of sp³-hybridized carbons (Fsp3) is 0.421. The van der Waals surface area contributed by atoms with Crippen LogP contribution < -0.4 is 15.4 Å². The van der Waals surface area contributed by atoms with Crippen molar-refractivity contribution in [1.29, 1.82) is 0 Å². The highest BCUT2D eigenvalue weighted by Gasteiger charge is 2.29. The largest absolute Gasteiger partial charge is 0.486 e. The SMILES string of the molecule is O=C(NCC1(O)CCCCC1)Nc1ccc(OCc2ccco2)cc1. The van der Waals surface area contributed by atoms with Crippen LogP contribution in [0.4, 0.5) is 10.5 Å². The molecule has 1 aliphatic rings. The van der Waals surface area contributed by atoms with Crippen LogP contribution in [0.1, 0.15) is 37.9 Å². The minimum atomic E-state index is -0.765. The summed E-state index contributed by atoms with van der Waals surface area (Å²) in [4.78, 5) is 12.0. The van der Waals surface area contributed by atoms with E-state index in [0.29, 0.717) is 18.0 Å². The zero-order chi connectivity index (χ0) is 17.5. The van der Waals surface area contributed by atoms with E-state index in [1.54, 1.807) is 30.5 Å². The molecule has 0 aliphatic heterocycles. The van der Waals surface area contributed by atoms with Crippen LogP contribution in [0.15, 0.2) is 47.1 Å². The predicted octanol–water partition coefficient (Wildman–Crippen LogP) is 3.68. The molecule has 0 bridgehead atoms. The molecule has 0 saturated heterocycles. The molecule has 2 aromatic rings. The Balaban J connectivity index is 1.43. The number of nitrogens with one attached hydrogen (secondary N) is 2. The van der Waals surface area contributed by atoms with Crippen LogP contribution in [-0.2, 0) is 6.61 Å². The van der Waals surface area contributed by atoms with Crippen LogP contribution in [0, 0.1) is 0 Å². The number of urea groups is 1. The highest BCUT2D eigenvalue weighted by atomic mass is 16.5. The summed E-state index contributed by atoms with van der Waals surface area (Å²) in [6, 6.07) is 10.5. The van der Waals surface area contributed by atoms with Gasteiger partial charge in [-0.25, -0.2) is 4.79 Å². The van der Waals surface area contributed by atoms with Gasteiger partial charge in [0.05, 0.1) is 11.9 Å². The van der Waals surface area contributed by atoms with Crippen molar-refractivity contribution in [3.05, 3.63) is 48.4 Å². The molecule has 3 N–H and O–H groups in total. The summed E-state index contributed by atoms with van der Waals surface area (Å²) in [5, 5.41) is 15.9. The Morgan fingerprint density at radius 2 is 1.92 bits per heavy atom. The van der Waals surface area contributed by atoms with Crippen molar-refractivity contribution in [2.45, 2.75) is 44.3 Å². The van der Waals surface area contributed by atoms with Gasteiger partial charge in [-0.05, 0) is 49.2 Å². The third-order valence-corrected chi connectivity index (χ3v) is 4.44. The minimum Gasteiger partial charge on any atom is -0.486 e. The highest BCUT2D eigenvalue weighted by molar-refractivity contribution is 5.89. The smallest absolute Gasteiger partial charge is 0.319 e. The van der Waals surface area contributed by atoms with Gasteiger partial charge in [-0.1, -0.05) is 19.3 Å². The lowest BCUT2D eigenvalue weighted by molar-refractivity contribution is 0.00755. The van der Waals surface area contributed by atoms with E-state index in [0.717, 1.165) is 37.9 Å². The third-order valence-electron chi connectivity index (χ3n) is 4.44. The molecule has 0 spiro atoms. The topological polar surface area (TPSA) is 83.7 Å². The highest BCUT2D eigenvalue weighted by Crippen LogP contribution is 2.27. The fourth-order valence-corrected chi connectivity index (χ4v) is 2.99. The molecule has 1 aliphatic carbocycles. The maximum Gasteiger partial charge on any atom is 0.319 e. The van der Waals surface area contributed by atoms with E-state index in [4.69, 9.17) is 9.15 Å². The molecule has 25 heavy (non-hydrogen) atoms. The van der Waals surface area contributed by atoms with Gasteiger partial charge >= 0.3 is 6.03 Å². The Kier molecular flexibility index (Phi) is 5.60. The van der Waals surface area contributed by atoms with E-state index < -0.39 is 5.60 Å². The van der Waals surface area contributed by atoms with Gasteiger partial charge in [0.2, 0.25) is 0 Å². The summed E-state index contributed by atoms with van der Waals surface area (Å²) in [6.45, 7) is 0.641. The molecule has 0 radical (unpaired) electrons. The maximum atomic E-state index is 12.0. The molecule has 6 nitrogen and oxygen atoms in total. The van der Waals surface area contributed by atoms with Gasteiger partial charge in [0.1, 0.15) is 18.1 Å². The molecule has 3 rings (SSSR count). The van der Waals surface area contributed by atoms with Gasteiger partial charge in [-0.3, -0.25) is 0 Å². The van der Waals surface area contributed by atoms with E-state index in [2.05, 4.69) is 10.6 Å². The molecule has 134 valence electrons. The second kappa shape index (κ2) is 8.07. The Bertz CT molecular complexity index is 661. The number of benzene rings is 1. The number of carbonyl (C=O) groups excluding carboxylic acids is 1. The maximum absolute atomic E-state index is 12.0. The Morgan fingerprint density at radius 3 is 2.60 bits per heavy atom. The van der Waals surface area contributed by atoms with Crippen molar-refractivity contribution in [3.8, 4) is 5.75 Å². The monoisotopic (exact) mass is 344 g/mol. The zero-order valence-electron chi connectivity index (χ0n) is 14.2. The van der Waals surface area contributed by atoms with Crippen molar-refractivity contribution >= 4 is 11.7 Å². The average Bonchev–Trinajstić information content (AvgIpc) is 3.14. The first kappa shape index (κ1) is 17.4. The molecule has 2 amide bonds. The number of hydrogen-bond acceptors (Lipinski definition) is 4. The van der Waals surface area contributed by atoms with E-state index in [1.807, 2.05) is 12.1 Å². The van der Waals surface area contributed by atoms with Gasteiger partial charge in [0.15, 0.2) is 0 Å². The van der Waals surface area contributed by atoms with E-state index >= 15 is 0 Å². The number of carbonyl (C=O) groups is 1. The molecule has 1 fully saturated rings. The molecular weight excluding hydrogens is 320 g/mol. The quantitative estimate of drug-likeness (QED) is 0.746. The average molecular weight is 344 g/mol. The van der Waals surface area contributed by atoms with Crippen molar-refractivity contribution in [2.75, 3.05) is 11.9 Å². The van der Waals surface area contributed by atoms with Crippen LogP contribution in [0.5, 0.6) is 5.75 Å². The van der Waals surface area contributed by atoms with E-state index in [-0.39, 0.29) is 12.6 Å². The van der Waals surface area contributed by atoms with Crippen molar-refractivity contribution in [3.63, 3.8) is 0 Å². The number of rotatable bonds is 6. The Labute approximate surface area is 147 Å². The van der Waals surface area contributed by atoms with Crippen LogP contribution in [0.2, 0.25) is 0 Å². The van der Waals surface area contributed by atoms with Crippen molar-refractivity contribution in [1.82, 2.24) is 5.32 Å². The summed E-state index contributed by atoms with van der Waals surface area (Å²) in [6.07, 6.45) is 6.28. The second-order valence-electron chi connectivity index (χ2n) is 6.49. The first-order valence-electron chi connectivity index (χ1n) is 8.65. The number of amides is 2. The van der Waals surface area contributed by atoms with Crippen LogP contribution in [0.25, 0.3) is 0 Å². The van der Waals surface area contributed by atoms with Gasteiger partial charge in [-0.2, -0.15) is 0 Å². The first-order chi connectivity index (χ1) is 12.1. The molecule has 1 aromatic heterocycles. The number of furan rings is 1. The van der Waals surface area contributed by atoms with Gasteiger partial charge in [-0.15, -0.1) is 0 Å². The molecule has 1 heterocycles. The lowest BCUT2D eigenvalue weighted by Crippen LogP contribution is -2.45. The van der Waals surface area contributed by atoms with Crippen molar-refractivity contribution in [2.24, 2.45) is 0 Å². The van der Waals surface area contributed by atoms with Crippen LogP contribution >= 0.6 is 0 Å². The predicted molar refractivity (Wildman–Crippen MR) is 94.5 cm³/mol. The van der Waals surface area contributed by atoms with Crippen molar-refractivity contribution < 1.29 is 19.1 Å². The molecule has 0 unspecified atom stereocenters. The molecule has 6 heteroatoms.